The van der Waals surface area contributed by atoms with Crippen LogP contribution in [0.15, 0.2) is 85.3 Å². The van der Waals surface area contributed by atoms with Crippen molar-refractivity contribution in [3.05, 3.63) is 85.3 Å². The molecule has 3 heterocycles. The van der Waals surface area contributed by atoms with Crippen molar-refractivity contribution in [2.45, 2.75) is 0 Å². The number of H-pyrrole nitrogens is 1. The highest BCUT2D eigenvalue weighted by Gasteiger charge is 2.10. The average Bonchev–Trinajstić information content (AvgIpc) is 3.17. The third-order valence-electron chi connectivity index (χ3n) is 4.58. The van der Waals surface area contributed by atoms with Gasteiger partial charge in [0.25, 0.3) is 0 Å². The lowest BCUT2D eigenvalue weighted by atomic mass is 10.0. The third-order valence-corrected chi connectivity index (χ3v) is 4.58. The van der Waals surface area contributed by atoms with Crippen LogP contribution < -0.4 is 0 Å². The monoisotopic (exact) mass is 321 g/mol. The largest absolute Gasteiger partial charge is 0.361 e. The van der Waals surface area contributed by atoms with Gasteiger partial charge in [0.15, 0.2) is 0 Å². The topological polar surface area (TPSA) is 41.6 Å². The summed E-state index contributed by atoms with van der Waals surface area (Å²) in [6, 6.07) is 22.8. The van der Waals surface area contributed by atoms with Crippen LogP contribution in [0, 0.1) is 0 Å². The normalized spacial score (nSPS) is 11.2. The SMILES string of the molecule is c1ccc2c(-c3c[nH]c(-c4ccnc5ccccc45)c3)ccnc2c1. The highest BCUT2D eigenvalue weighted by molar-refractivity contribution is 5.97. The first-order chi connectivity index (χ1) is 12.4. The quantitative estimate of drug-likeness (QED) is 0.470. The van der Waals surface area contributed by atoms with Crippen LogP contribution in [0.1, 0.15) is 0 Å². The van der Waals surface area contributed by atoms with E-state index in [0.717, 1.165) is 38.6 Å². The lowest BCUT2D eigenvalue weighted by Gasteiger charge is -2.04. The molecule has 25 heavy (non-hydrogen) atoms. The molecule has 118 valence electrons. The van der Waals surface area contributed by atoms with E-state index in [1.165, 1.54) is 5.56 Å². The van der Waals surface area contributed by atoms with Crippen LogP contribution in [0.5, 0.6) is 0 Å². The number of fused-ring (bicyclic) bond motifs is 2. The standard InChI is InChI=1S/C22H15N3/c1-3-7-20-17(5-1)16(9-11-23-20)15-13-22(25-14-15)19-10-12-24-21-8-4-2-6-18(19)21/h1-14,25H. The maximum atomic E-state index is 4.45. The molecule has 0 aliphatic carbocycles. The zero-order valence-corrected chi connectivity index (χ0v) is 13.5. The second kappa shape index (κ2) is 5.56. The summed E-state index contributed by atoms with van der Waals surface area (Å²) in [5, 5.41) is 2.31. The smallest absolute Gasteiger partial charge is 0.0708 e. The minimum Gasteiger partial charge on any atom is -0.361 e. The molecule has 3 nitrogen and oxygen atoms in total. The van der Waals surface area contributed by atoms with Crippen molar-refractivity contribution >= 4 is 21.8 Å². The summed E-state index contributed by atoms with van der Waals surface area (Å²) in [5.41, 5.74) is 6.62. The second-order valence-corrected chi connectivity index (χ2v) is 6.05. The summed E-state index contributed by atoms with van der Waals surface area (Å²) >= 11 is 0. The van der Waals surface area contributed by atoms with Crippen molar-refractivity contribution in [3.63, 3.8) is 0 Å². The van der Waals surface area contributed by atoms with Crippen LogP contribution in [0.4, 0.5) is 0 Å². The molecule has 1 N–H and O–H groups in total. The summed E-state index contributed by atoms with van der Waals surface area (Å²) in [6.07, 6.45) is 5.79. The second-order valence-electron chi connectivity index (χ2n) is 6.05. The molecule has 3 heteroatoms. The lowest BCUT2D eigenvalue weighted by Crippen LogP contribution is -1.83. The molecule has 2 aromatic carbocycles. The number of aromatic amines is 1. The molecule has 3 aromatic heterocycles. The fraction of sp³-hybridized carbons (Fsp3) is 0. The third kappa shape index (κ3) is 2.29. The fourth-order valence-electron chi connectivity index (χ4n) is 3.38. The van der Waals surface area contributed by atoms with Gasteiger partial charge in [-0.15, -0.1) is 0 Å². The summed E-state index contributed by atoms with van der Waals surface area (Å²) < 4.78 is 0. The van der Waals surface area contributed by atoms with Crippen LogP contribution in [0.2, 0.25) is 0 Å². The Morgan fingerprint density at radius 1 is 0.640 bits per heavy atom. The molecule has 0 amide bonds. The van der Waals surface area contributed by atoms with Crippen molar-refractivity contribution < 1.29 is 0 Å². The maximum absolute atomic E-state index is 4.45. The number of para-hydroxylation sites is 2. The van der Waals surface area contributed by atoms with Gasteiger partial charge in [0.05, 0.1) is 11.0 Å². The minimum absolute atomic E-state index is 1.01. The van der Waals surface area contributed by atoms with E-state index in [4.69, 9.17) is 0 Å². The zero-order chi connectivity index (χ0) is 16.6. The number of aromatic nitrogens is 3. The van der Waals surface area contributed by atoms with Crippen molar-refractivity contribution in [3.8, 4) is 22.4 Å². The molecule has 0 atom stereocenters. The number of hydrogen-bond acceptors (Lipinski definition) is 2. The highest BCUT2D eigenvalue weighted by atomic mass is 14.7. The van der Waals surface area contributed by atoms with Gasteiger partial charge in [-0.1, -0.05) is 36.4 Å². The van der Waals surface area contributed by atoms with Crippen molar-refractivity contribution in [2.75, 3.05) is 0 Å². The number of nitrogens with one attached hydrogen (secondary N) is 1. The molecule has 0 saturated heterocycles. The first kappa shape index (κ1) is 13.9. The number of nitrogens with zero attached hydrogens (tertiary/aromatic N) is 2. The summed E-state index contributed by atoms with van der Waals surface area (Å²) in [7, 11) is 0. The van der Waals surface area contributed by atoms with Gasteiger partial charge in [0.1, 0.15) is 0 Å². The van der Waals surface area contributed by atoms with E-state index in [0.29, 0.717) is 0 Å². The first-order valence-corrected chi connectivity index (χ1v) is 8.27. The van der Waals surface area contributed by atoms with Gasteiger partial charge in [0, 0.05) is 46.2 Å². The van der Waals surface area contributed by atoms with E-state index in [1.54, 1.807) is 0 Å². The average molecular weight is 321 g/mol. The molecular weight excluding hydrogens is 306 g/mol. The molecule has 0 saturated carbocycles. The molecule has 0 aliphatic heterocycles. The zero-order valence-electron chi connectivity index (χ0n) is 13.5. The molecule has 0 fully saturated rings. The molecule has 0 bridgehead atoms. The molecule has 0 aliphatic rings. The maximum Gasteiger partial charge on any atom is 0.0708 e. The molecule has 5 aromatic rings. The predicted molar refractivity (Wildman–Crippen MR) is 102 cm³/mol. The number of benzene rings is 2. The van der Waals surface area contributed by atoms with Crippen molar-refractivity contribution in [1.29, 1.82) is 0 Å². The van der Waals surface area contributed by atoms with Crippen LogP contribution in [-0.4, -0.2) is 15.0 Å². The summed E-state index contributed by atoms with van der Waals surface area (Å²) in [6.45, 7) is 0. The minimum atomic E-state index is 1.01. The predicted octanol–water partition coefficient (Wildman–Crippen LogP) is 5.45. The van der Waals surface area contributed by atoms with Gasteiger partial charge in [-0.2, -0.15) is 0 Å². The van der Waals surface area contributed by atoms with Crippen LogP contribution in [0.3, 0.4) is 0 Å². The Hall–Kier alpha value is -3.46. The Morgan fingerprint density at radius 3 is 1.96 bits per heavy atom. The fourth-order valence-corrected chi connectivity index (χ4v) is 3.38. The van der Waals surface area contributed by atoms with Crippen LogP contribution in [0.25, 0.3) is 44.2 Å². The van der Waals surface area contributed by atoms with Crippen LogP contribution in [-0.2, 0) is 0 Å². The Labute approximate surface area is 145 Å². The van der Waals surface area contributed by atoms with Gasteiger partial charge in [0.2, 0.25) is 0 Å². The Balaban J connectivity index is 1.69. The van der Waals surface area contributed by atoms with Crippen molar-refractivity contribution in [2.24, 2.45) is 0 Å². The number of rotatable bonds is 2. The van der Waals surface area contributed by atoms with E-state index in [-0.39, 0.29) is 0 Å². The Morgan fingerprint density at radius 2 is 1.24 bits per heavy atom. The summed E-state index contributed by atoms with van der Waals surface area (Å²) in [4.78, 5) is 12.3. The van der Waals surface area contributed by atoms with E-state index in [9.17, 15) is 0 Å². The van der Waals surface area contributed by atoms with Crippen LogP contribution >= 0.6 is 0 Å². The highest BCUT2D eigenvalue weighted by Crippen LogP contribution is 2.32. The van der Waals surface area contributed by atoms with Gasteiger partial charge in [-0.25, -0.2) is 0 Å². The molecule has 0 spiro atoms. The van der Waals surface area contributed by atoms with E-state index >= 15 is 0 Å². The lowest BCUT2D eigenvalue weighted by molar-refractivity contribution is 1.37. The van der Waals surface area contributed by atoms with E-state index < -0.39 is 0 Å². The van der Waals surface area contributed by atoms with Crippen molar-refractivity contribution in [1.82, 2.24) is 15.0 Å². The van der Waals surface area contributed by atoms with Gasteiger partial charge >= 0.3 is 0 Å². The molecule has 0 unspecified atom stereocenters. The molecule has 0 radical (unpaired) electrons. The molecular formula is C22H15N3. The van der Waals surface area contributed by atoms with E-state index in [1.807, 2.05) is 42.7 Å². The number of pyridine rings is 2. The Bertz CT molecular complexity index is 1100. The van der Waals surface area contributed by atoms with Gasteiger partial charge in [-0.05, 0) is 35.9 Å². The van der Waals surface area contributed by atoms with Gasteiger partial charge in [-0.3, -0.25) is 9.97 Å². The Kier molecular flexibility index (Phi) is 3.10. The van der Waals surface area contributed by atoms with Gasteiger partial charge < -0.3 is 4.98 Å². The number of hydrogen-bond donors (Lipinski definition) is 1. The molecule has 5 rings (SSSR count). The van der Waals surface area contributed by atoms with E-state index in [2.05, 4.69) is 57.5 Å². The summed E-state index contributed by atoms with van der Waals surface area (Å²) in [5.74, 6) is 0. The first-order valence-electron chi connectivity index (χ1n) is 8.27.